The minimum atomic E-state index is -2.95. The zero-order valence-electron chi connectivity index (χ0n) is 17.6. The van der Waals surface area contributed by atoms with Crippen molar-refractivity contribution in [1.29, 1.82) is 0 Å². The van der Waals surface area contributed by atoms with Crippen molar-refractivity contribution < 1.29 is 24.1 Å². The fraction of sp³-hybridized carbons (Fsp3) is 0.476. The maximum absolute atomic E-state index is 13.3. The number of rotatable bonds is 7. The average Bonchev–Trinajstić information content (AvgIpc) is 3.27. The lowest BCUT2D eigenvalue weighted by Gasteiger charge is -2.21. The van der Waals surface area contributed by atoms with Crippen LogP contribution in [0.4, 0.5) is 20.5 Å². The highest BCUT2D eigenvalue weighted by molar-refractivity contribution is 7.21. The lowest BCUT2D eigenvalue weighted by atomic mass is 10.1. The maximum Gasteiger partial charge on any atom is 0.262 e. The second kappa shape index (κ2) is 8.81. The molecule has 4 rings (SSSR count). The standard InChI is InChI=1S/C21H25F2N5O3S/c1-10-15(19-27-12-5-3-4-6-14(12)32-19)18(28-20(25-10)24-9-21(2,22)23)26-13-7-11(8-29)16(30)17(13)31/h3-6,11,13,16-17,29-31H,7-9H2,1-2H3,(H2,24,25,26,28)/t11-,13-,16-,17+/m1/s1. The van der Waals surface area contributed by atoms with E-state index in [9.17, 15) is 24.1 Å². The van der Waals surface area contributed by atoms with Crippen molar-refractivity contribution in [2.24, 2.45) is 5.92 Å². The maximum atomic E-state index is 13.3. The summed E-state index contributed by atoms with van der Waals surface area (Å²) in [5.41, 5.74) is 1.92. The van der Waals surface area contributed by atoms with Crippen molar-refractivity contribution in [2.75, 3.05) is 23.8 Å². The molecule has 0 amide bonds. The molecule has 0 radical (unpaired) electrons. The molecule has 2 heterocycles. The van der Waals surface area contributed by atoms with Crippen LogP contribution >= 0.6 is 11.3 Å². The van der Waals surface area contributed by atoms with Crippen molar-refractivity contribution in [1.82, 2.24) is 15.0 Å². The van der Waals surface area contributed by atoms with Gasteiger partial charge in [0, 0.05) is 19.4 Å². The molecule has 32 heavy (non-hydrogen) atoms. The number of aryl methyl sites for hydroxylation is 1. The van der Waals surface area contributed by atoms with E-state index in [1.165, 1.54) is 11.3 Å². The summed E-state index contributed by atoms with van der Waals surface area (Å²) in [4.78, 5) is 13.4. The van der Waals surface area contributed by atoms with Crippen LogP contribution in [0.15, 0.2) is 24.3 Å². The number of fused-ring (bicyclic) bond motifs is 1. The van der Waals surface area contributed by atoms with E-state index >= 15 is 0 Å². The van der Waals surface area contributed by atoms with Crippen LogP contribution in [0.5, 0.6) is 0 Å². The Morgan fingerprint density at radius 3 is 2.56 bits per heavy atom. The third-order valence-corrected chi connectivity index (χ3v) is 6.57. The van der Waals surface area contributed by atoms with Gasteiger partial charge in [-0.25, -0.2) is 18.7 Å². The van der Waals surface area contributed by atoms with E-state index in [-0.39, 0.29) is 12.6 Å². The Hall–Kier alpha value is -2.47. The van der Waals surface area contributed by atoms with Crippen LogP contribution < -0.4 is 10.6 Å². The normalized spacial score (nSPS) is 23.6. The van der Waals surface area contributed by atoms with Crippen LogP contribution in [-0.4, -0.2) is 67.6 Å². The summed E-state index contributed by atoms with van der Waals surface area (Å²) in [5, 5.41) is 36.4. The molecular formula is C21H25F2N5O3S. The van der Waals surface area contributed by atoms with E-state index in [0.717, 1.165) is 17.1 Å². The largest absolute Gasteiger partial charge is 0.396 e. The number of thiazole rings is 1. The molecule has 3 aromatic rings. The Morgan fingerprint density at radius 2 is 1.91 bits per heavy atom. The van der Waals surface area contributed by atoms with Gasteiger partial charge in [0.15, 0.2) is 0 Å². The van der Waals surface area contributed by atoms with Gasteiger partial charge in [-0.3, -0.25) is 0 Å². The van der Waals surface area contributed by atoms with E-state index in [1.54, 1.807) is 6.92 Å². The van der Waals surface area contributed by atoms with Gasteiger partial charge in [0.1, 0.15) is 16.9 Å². The van der Waals surface area contributed by atoms with E-state index in [1.807, 2.05) is 24.3 Å². The molecule has 4 atom stereocenters. The fourth-order valence-corrected chi connectivity index (χ4v) is 4.91. The summed E-state index contributed by atoms with van der Waals surface area (Å²) in [5.74, 6) is -3.10. The Labute approximate surface area is 187 Å². The van der Waals surface area contributed by atoms with E-state index in [2.05, 4.69) is 25.6 Å². The first-order valence-electron chi connectivity index (χ1n) is 10.3. The van der Waals surface area contributed by atoms with E-state index in [4.69, 9.17) is 0 Å². The van der Waals surface area contributed by atoms with Crippen LogP contribution in [0.2, 0.25) is 0 Å². The number of hydrogen-bond acceptors (Lipinski definition) is 9. The van der Waals surface area contributed by atoms with E-state index < -0.39 is 36.6 Å². The van der Waals surface area contributed by atoms with E-state index in [0.29, 0.717) is 28.5 Å². The average molecular weight is 466 g/mol. The molecule has 172 valence electrons. The number of anilines is 2. The van der Waals surface area contributed by atoms with Gasteiger partial charge >= 0.3 is 0 Å². The Bertz CT molecular complexity index is 1070. The topological polar surface area (TPSA) is 123 Å². The molecule has 2 aromatic heterocycles. The minimum Gasteiger partial charge on any atom is -0.396 e. The summed E-state index contributed by atoms with van der Waals surface area (Å²) in [6.45, 7) is 1.64. The van der Waals surface area contributed by atoms with Crippen molar-refractivity contribution in [3.8, 4) is 10.6 Å². The van der Waals surface area contributed by atoms with Crippen molar-refractivity contribution in [3.05, 3.63) is 30.0 Å². The Morgan fingerprint density at radius 1 is 1.16 bits per heavy atom. The molecule has 1 aliphatic rings. The van der Waals surface area contributed by atoms with Gasteiger partial charge in [-0.2, -0.15) is 4.98 Å². The first-order valence-corrected chi connectivity index (χ1v) is 11.1. The number of halogens is 2. The number of hydrogen-bond donors (Lipinski definition) is 5. The Balaban J connectivity index is 1.74. The number of aromatic nitrogens is 3. The van der Waals surface area contributed by atoms with Crippen LogP contribution in [0.3, 0.4) is 0 Å². The first kappa shape index (κ1) is 22.7. The quantitative estimate of drug-likeness (QED) is 0.361. The predicted molar refractivity (Wildman–Crippen MR) is 119 cm³/mol. The van der Waals surface area contributed by atoms with Crippen LogP contribution in [0, 0.1) is 12.8 Å². The number of nitrogens with one attached hydrogen (secondary N) is 2. The number of para-hydroxylation sites is 1. The summed E-state index contributed by atoms with van der Waals surface area (Å²) in [7, 11) is 0. The van der Waals surface area contributed by atoms with Gasteiger partial charge in [-0.05, 0) is 25.5 Å². The summed E-state index contributed by atoms with van der Waals surface area (Å²) in [6, 6.07) is 7.04. The highest BCUT2D eigenvalue weighted by atomic mass is 32.1. The Kier molecular flexibility index (Phi) is 6.26. The first-order chi connectivity index (χ1) is 15.2. The van der Waals surface area contributed by atoms with Crippen molar-refractivity contribution in [2.45, 2.75) is 44.4 Å². The van der Waals surface area contributed by atoms with Crippen molar-refractivity contribution in [3.63, 3.8) is 0 Å². The number of nitrogens with zero attached hydrogens (tertiary/aromatic N) is 3. The van der Waals surface area contributed by atoms with Gasteiger partial charge in [0.2, 0.25) is 5.95 Å². The van der Waals surface area contributed by atoms with Gasteiger partial charge in [-0.1, -0.05) is 12.1 Å². The number of aliphatic hydroxyl groups excluding tert-OH is 3. The molecule has 1 fully saturated rings. The third-order valence-electron chi connectivity index (χ3n) is 5.51. The SMILES string of the molecule is Cc1nc(NCC(C)(F)F)nc(N[C@@H]2C[C@H](CO)[C@@H](O)[C@H]2O)c1-c1nc2ccccc2s1. The molecule has 5 N–H and O–H groups in total. The second-order valence-corrected chi connectivity index (χ2v) is 9.21. The van der Waals surface area contributed by atoms with Crippen LogP contribution in [0.25, 0.3) is 20.8 Å². The smallest absolute Gasteiger partial charge is 0.262 e. The minimum absolute atomic E-state index is 0.0168. The number of aliphatic hydroxyl groups is 3. The van der Waals surface area contributed by atoms with Crippen molar-refractivity contribution >= 4 is 33.3 Å². The molecule has 0 spiro atoms. The summed E-state index contributed by atoms with van der Waals surface area (Å²) >= 11 is 1.44. The monoisotopic (exact) mass is 465 g/mol. The molecule has 0 bridgehead atoms. The summed E-state index contributed by atoms with van der Waals surface area (Å²) in [6.07, 6.45) is -1.89. The molecule has 1 aliphatic carbocycles. The highest BCUT2D eigenvalue weighted by Gasteiger charge is 2.41. The zero-order chi connectivity index (χ0) is 23.0. The van der Waals surface area contributed by atoms with Gasteiger partial charge in [0.05, 0.1) is 40.2 Å². The molecule has 1 saturated carbocycles. The molecule has 11 heteroatoms. The second-order valence-electron chi connectivity index (χ2n) is 8.18. The number of alkyl halides is 2. The van der Waals surface area contributed by atoms with Gasteiger partial charge < -0.3 is 26.0 Å². The number of benzene rings is 1. The third kappa shape index (κ3) is 4.65. The molecule has 0 unspecified atom stereocenters. The van der Waals surface area contributed by atoms with Gasteiger partial charge in [-0.15, -0.1) is 11.3 Å². The molecule has 1 aromatic carbocycles. The van der Waals surface area contributed by atoms with Crippen LogP contribution in [0.1, 0.15) is 19.0 Å². The lowest BCUT2D eigenvalue weighted by molar-refractivity contribution is 0.00446. The molecule has 8 nitrogen and oxygen atoms in total. The summed E-state index contributed by atoms with van der Waals surface area (Å²) < 4.78 is 27.7. The molecule has 0 aliphatic heterocycles. The fourth-order valence-electron chi connectivity index (χ4n) is 3.85. The zero-order valence-corrected chi connectivity index (χ0v) is 18.4. The van der Waals surface area contributed by atoms with Crippen LogP contribution in [-0.2, 0) is 0 Å². The predicted octanol–water partition coefficient (Wildman–Crippen LogP) is 2.64. The highest BCUT2D eigenvalue weighted by Crippen LogP contribution is 2.38. The van der Waals surface area contributed by atoms with Gasteiger partial charge in [0.25, 0.3) is 5.92 Å². The lowest BCUT2D eigenvalue weighted by Crippen LogP contribution is -2.36. The molecule has 0 saturated heterocycles. The molecular weight excluding hydrogens is 440 g/mol.